The number of hydrogen-bond donors (Lipinski definition) is 1. The second kappa shape index (κ2) is 7.13. The van der Waals surface area contributed by atoms with Gasteiger partial charge in [-0.2, -0.15) is 9.78 Å². The van der Waals surface area contributed by atoms with E-state index in [4.69, 9.17) is 4.98 Å². The van der Waals surface area contributed by atoms with Gasteiger partial charge < -0.3 is 5.32 Å². The lowest BCUT2D eigenvalue weighted by atomic mass is 10.1. The summed E-state index contributed by atoms with van der Waals surface area (Å²) in [4.78, 5) is 22.4. The van der Waals surface area contributed by atoms with E-state index < -0.39 is 0 Å². The molecule has 1 aliphatic carbocycles. The molecule has 144 valence electrons. The van der Waals surface area contributed by atoms with Crippen LogP contribution in [0.3, 0.4) is 0 Å². The molecule has 0 bridgehead atoms. The first-order chi connectivity index (χ1) is 14.2. The molecule has 0 radical (unpaired) electrons. The van der Waals surface area contributed by atoms with E-state index in [1.807, 2.05) is 61.5 Å². The number of rotatable bonds is 5. The highest BCUT2D eigenvalue weighted by molar-refractivity contribution is 6.06. The van der Waals surface area contributed by atoms with Gasteiger partial charge in [0.2, 0.25) is 0 Å². The zero-order valence-electron chi connectivity index (χ0n) is 16.2. The second-order valence-corrected chi connectivity index (χ2v) is 7.42. The van der Waals surface area contributed by atoms with E-state index in [-0.39, 0.29) is 5.91 Å². The van der Waals surface area contributed by atoms with E-state index in [9.17, 15) is 4.79 Å². The predicted octanol–water partition coefficient (Wildman–Crippen LogP) is 3.93. The zero-order valence-corrected chi connectivity index (χ0v) is 16.2. The van der Waals surface area contributed by atoms with E-state index in [1.54, 1.807) is 10.9 Å². The first-order valence-corrected chi connectivity index (χ1v) is 9.84. The van der Waals surface area contributed by atoms with Gasteiger partial charge in [-0.1, -0.05) is 36.4 Å². The number of carbonyl (C=O) groups excluding carboxylic acids is 1. The zero-order chi connectivity index (χ0) is 19.8. The first-order valence-electron chi connectivity index (χ1n) is 9.84. The van der Waals surface area contributed by atoms with E-state index in [2.05, 4.69) is 15.4 Å². The van der Waals surface area contributed by atoms with Gasteiger partial charge in [0.15, 0.2) is 11.5 Å². The molecule has 5 rings (SSSR count). The van der Waals surface area contributed by atoms with Crippen LogP contribution in [0.15, 0.2) is 60.8 Å². The number of carbonyl (C=O) groups is 1. The van der Waals surface area contributed by atoms with Crippen LogP contribution in [-0.4, -0.2) is 25.7 Å². The lowest BCUT2D eigenvalue weighted by Gasteiger charge is -2.09. The van der Waals surface area contributed by atoms with Crippen molar-refractivity contribution >= 4 is 16.9 Å². The molecular formula is C23H21N5O. The molecule has 0 saturated heterocycles. The number of fused-ring (bicyclic) bond motifs is 1. The Hall–Kier alpha value is -3.54. The molecule has 1 amide bonds. The van der Waals surface area contributed by atoms with Crippen LogP contribution in [-0.2, 0) is 6.54 Å². The highest BCUT2D eigenvalue weighted by atomic mass is 16.1. The van der Waals surface area contributed by atoms with Crippen LogP contribution in [0.2, 0.25) is 0 Å². The topological polar surface area (TPSA) is 72.7 Å². The summed E-state index contributed by atoms with van der Waals surface area (Å²) in [5.74, 6) is 1.01. The average Bonchev–Trinajstić information content (AvgIpc) is 3.57. The van der Waals surface area contributed by atoms with Crippen molar-refractivity contribution in [2.75, 3.05) is 0 Å². The standard InChI is InChI=1S/C23H21N5O/c1-15-21-18(23(29)25-14-16-7-3-2-4-8-16)13-19(17-10-11-17)26-22(21)28(27-15)20-9-5-6-12-24-20/h2-9,12-13,17H,10-11,14H2,1H3,(H,25,29). The average molecular weight is 383 g/mol. The minimum atomic E-state index is -0.105. The Kier molecular flexibility index (Phi) is 4.31. The number of nitrogens with one attached hydrogen (secondary N) is 1. The number of aromatic nitrogens is 4. The third kappa shape index (κ3) is 3.38. The molecule has 1 aromatic carbocycles. The summed E-state index contributed by atoms with van der Waals surface area (Å²) in [5.41, 5.74) is 4.11. The number of benzene rings is 1. The Labute approximate surface area is 168 Å². The van der Waals surface area contributed by atoms with Crippen LogP contribution in [0.25, 0.3) is 16.9 Å². The van der Waals surface area contributed by atoms with Gasteiger partial charge in [0.05, 0.1) is 16.6 Å². The molecule has 6 nitrogen and oxygen atoms in total. The Morgan fingerprint density at radius 1 is 1.14 bits per heavy atom. The normalized spacial score (nSPS) is 13.6. The number of hydrogen-bond acceptors (Lipinski definition) is 4. The molecule has 29 heavy (non-hydrogen) atoms. The molecule has 1 saturated carbocycles. The van der Waals surface area contributed by atoms with E-state index in [0.717, 1.165) is 35.2 Å². The van der Waals surface area contributed by atoms with Crippen molar-refractivity contribution < 1.29 is 4.79 Å². The molecule has 4 aromatic rings. The fourth-order valence-corrected chi connectivity index (χ4v) is 3.59. The predicted molar refractivity (Wildman–Crippen MR) is 111 cm³/mol. The van der Waals surface area contributed by atoms with Crippen molar-refractivity contribution in [3.05, 3.63) is 83.3 Å². The van der Waals surface area contributed by atoms with E-state index in [0.29, 0.717) is 29.5 Å². The Bertz CT molecular complexity index is 1180. The van der Waals surface area contributed by atoms with Crippen molar-refractivity contribution in [2.45, 2.75) is 32.2 Å². The molecule has 0 aliphatic heterocycles. The molecule has 1 fully saturated rings. The lowest BCUT2D eigenvalue weighted by Crippen LogP contribution is -2.23. The van der Waals surface area contributed by atoms with Crippen LogP contribution in [0.1, 0.15) is 46.1 Å². The SMILES string of the molecule is Cc1nn(-c2ccccn2)c2nc(C3CC3)cc(C(=O)NCc3ccccc3)c12. The largest absolute Gasteiger partial charge is 0.348 e. The molecule has 1 N–H and O–H groups in total. The molecule has 1 aliphatic rings. The highest BCUT2D eigenvalue weighted by Crippen LogP contribution is 2.40. The maximum atomic E-state index is 13.1. The summed E-state index contributed by atoms with van der Waals surface area (Å²) in [6.45, 7) is 2.39. The van der Waals surface area contributed by atoms with E-state index >= 15 is 0 Å². The molecule has 0 atom stereocenters. The van der Waals surface area contributed by atoms with Crippen LogP contribution >= 0.6 is 0 Å². The fraction of sp³-hybridized carbons (Fsp3) is 0.217. The fourth-order valence-electron chi connectivity index (χ4n) is 3.59. The smallest absolute Gasteiger partial charge is 0.252 e. The molecule has 3 heterocycles. The van der Waals surface area contributed by atoms with Gasteiger partial charge in [0.25, 0.3) is 5.91 Å². The number of nitrogens with zero attached hydrogens (tertiary/aromatic N) is 4. The highest BCUT2D eigenvalue weighted by Gasteiger charge is 2.29. The van der Waals surface area contributed by atoms with Crippen molar-refractivity contribution in [3.63, 3.8) is 0 Å². The first kappa shape index (κ1) is 17.6. The van der Waals surface area contributed by atoms with Crippen molar-refractivity contribution in [2.24, 2.45) is 0 Å². The molecule has 0 spiro atoms. The van der Waals surface area contributed by atoms with Gasteiger partial charge in [0.1, 0.15) is 0 Å². The van der Waals surface area contributed by atoms with Crippen molar-refractivity contribution in [3.8, 4) is 5.82 Å². The van der Waals surface area contributed by atoms with Gasteiger partial charge in [0, 0.05) is 24.4 Å². The molecule has 3 aromatic heterocycles. The van der Waals surface area contributed by atoms with Crippen molar-refractivity contribution in [1.82, 2.24) is 25.1 Å². The van der Waals surface area contributed by atoms with Gasteiger partial charge in [-0.05, 0) is 43.5 Å². The molecular weight excluding hydrogens is 362 g/mol. The Balaban J connectivity index is 1.59. The summed E-state index contributed by atoms with van der Waals surface area (Å²) in [6.07, 6.45) is 3.96. The summed E-state index contributed by atoms with van der Waals surface area (Å²) >= 11 is 0. The quantitative estimate of drug-likeness (QED) is 0.567. The summed E-state index contributed by atoms with van der Waals surface area (Å²) < 4.78 is 1.74. The molecule has 6 heteroatoms. The summed E-state index contributed by atoms with van der Waals surface area (Å²) in [7, 11) is 0. The minimum Gasteiger partial charge on any atom is -0.348 e. The lowest BCUT2D eigenvalue weighted by molar-refractivity contribution is 0.0952. The minimum absolute atomic E-state index is 0.105. The van der Waals surface area contributed by atoms with Crippen molar-refractivity contribution in [1.29, 1.82) is 0 Å². The van der Waals surface area contributed by atoms with Gasteiger partial charge in [-0.25, -0.2) is 9.97 Å². The van der Waals surface area contributed by atoms with Gasteiger partial charge >= 0.3 is 0 Å². The van der Waals surface area contributed by atoms with E-state index in [1.165, 1.54) is 0 Å². The van der Waals surface area contributed by atoms with Crippen LogP contribution in [0.4, 0.5) is 0 Å². The van der Waals surface area contributed by atoms with Crippen LogP contribution < -0.4 is 5.32 Å². The number of amides is 1. The monoisotopic (exact) mass is 383 g/mol. The number of pyridine rings is 2. The second-order valence-electron chi connectivity index (χ2n) is 7.42. The third-order valence-electron chi connectivity index (χ3n) is 5.24. The third-order valence-corrected chi connectivity index (χ3v) is 5.24. The molecule has 0 unspecified atom stereocenters. The maximum Gasteiger partial charge on any atom is 0.252 e. The van der Waals surface area contributed by atoms with Gasteiger partial charge in [-0.3, -0.25) is 4.79 Å². The summed E-state index contributed by atoms with van der Waals surface area (Å²) in [5, 5.41) is 8.49. The summed E-state index contributed by atoms with van der Waals surface area (Å²) in [6, 6.07) is 17.5. The van der Waals surface area contributed by atoms with Crippen LogP contribution in [0, 0.1) is 6.92 Å². The Morgan fingerprint density at radius 2 is 1.93 bits per heavy atom. The number of aryl methyl sites for hydroxylation is 1. The maximum absolute atomic E-state index is 13.1. The van der Waals surface area contributed by atoms with Crippen LogP contribution in [0.5, 0.6) is 0 Å². The van der Waals surface area contributed by atoms with Gasteiger partial charge in [-0.15, -0.1) is 0 Å². The Morgan fingerprint density at radius 3 is 2.66 bits per heavy atom.